The van der Waals surface area contributed by atoms with E-state index in [0.717, 1.165) is 0 Å². The number of likely N-dealkylation sites (tertiary alicyclic amines) is 1. The smallest absolute Gasteiger partial charge is 0.410 e. The molecule has 1 aromatic rings. The molecule has 0 aromatic heterocycles. The van der Waals surface area contributed by atoms with Gasteiger partial charge in [0.2, 0.25) is 10.0 Å². The summed E-state index contributed by atoms with van der Waals surface area (Å²) in [7, 11) is -2.68. The van der Waals surface area contributed by atoms with E-state index in [2.05, 4.69) is 4.83 Å². The van der Waals surface area contributed by atoms with E-state index < -0.39 is 44.6 Å². The van der Waals surface area contributed by atoms with Gasteiger partial charge in [0.05, 0.1) is 30.1 Å². The van der Waals surface area contributed by atoms with Crippen LogP contribution in [0.1, 0.15) is 79.2 Å². The van der Waals surface area contributed by atoms with E-state index in [-0.39, 0.29) is 31.5 Å². The number of anilines is 1. The quantitative estimate of drug-likeness (QED) is 0.303. The minimum absolute atomic E-state index is 0.0786. The van der Waals surface area contributed by atoms with Crippen molar-refractivity contribution >= 4 is 33.6 Å². The van der Waals surface area contributed by atoms with E-state index >= 15 is 0 Å². The summed E-state index contributed by atoms with van der Waals surface area (Å²) < 4.78 is 36.2. The number of carbonyl (C=O) groups is 3. The van der Waals surface area contributed by atoms with E-state index in [1.54, 1.807) is 70.7 Å². The number of ketones is 1. The lowest BCUT2D eigenvalue weighted by molar-refractivity contribution is -0.142. The number of esters is 1. The van der Waals surface area contributed by atoms with Crippen LogP contribution in [-0.2, 0) is 34.7 Å². The zero-order chi connectivity index (χ0) is 29.6. The predicted molar refractivity (Wildman–Crippen MR) is 147 cm³/mol. The van der Waals surface area contributed by atoms with E-state index in [0.29, 0.717) is 30.8 Å². The molecule has 12 heteroatoms. The normalized spacial score (nSPS) is 17.2. The molecular formula is C27H43N3O8S. The number of hydrogen-bond donors (Lipinski definition) is 2. The van der Waals surface area contributed by atoms with Gasteiger partial charge in [0.25, 0.3) is 0 Å². The molecule has 2 rings (SSSR count). The van der Waals surface area contributed by atoms with Gasteiger partial charge in [0.15, 0.2) is 5.78 Å². The molecule has 0 spiro atoms. The molecule has 1 saturated heterocycles. The summed E-state index contributed by atoms with van der Waals surface area (Å²) in [5.41, 5.74) is -0.904. The number of carbonyl (C=O) groups excluding carboxylic acids is 3. The van der Waals surface area contributed by atoms with E-state index in [9.17, 15) is 27.9 Å². The molecule has 39 heavy (non-hydrogen) atoms. The first kappa shape index (κ1) is 32.5. The molecular weight excluding hydrogens is 526 g/mol. The van der Waals surface area contributed by atoms with Gasteiger partial charge in [0, 0.05) is 19.5 Å². The number of ether oxygens (including phenoxy) is 2. The number of nitrogens with one attached hydrogen (secondary N) is 1. The van der Waals surface area contributed by atoms with Crippen LogP contribution in [0.4, 0.5) is 10.5 Å². The molecule has 2 N–H and O–H groups in total. The lowest BCUT2D eigenvalue weighted by Gasteiger charge is -2.39. The number of nitrogens with zero attached hydrogens (tertiary/aromatic N) is 2. The van der Waals surface area contributed by atoms with Crippen LogP contribution in [0.25, 0.3) is 0 Å². The number of sulfonamides is 1. The second-order valence-electron chi connectivity index (χ2n) is 10.9. The molecule has 0 aliphatic carbocycles. The number of rotatable bonds is 11. The van der Waals surface area contributed by atoms with Gasteiger partial charge in [-0.15, -0.1) is 4.83 Å². The molecule has 1 aromatic carbocycles. The number of aliphatic hydroxyl groups is 1. The fourth-order valence-corrected chi connectivity index (χ4v) is 5.30. The van der Waals surface area contributed by atoms with Gasteiger partial charge in [-0.25, -0.2) is 13.2 Å². The maximum Gasteiger partial charge on any atom is 0.410 e. The molecule has 1 aliphatic heterocycles. The van der Waals surface area contributed by atoms with Crippen molar-refractivity contribution in [1.29, 1.82) is 0 Å². The summed E-state index contributed by atoms with van der Waals surface area (Å²) in [4.78, 5) is 41.5. The summed E-state index contributed by atoms with van der Waals surface area (Å²) >= 11 is 0. The summed E-state index contributed by atoms with van der Waals surface area (Å²) in [5.74, 6) is -0.998. The van der Waals surface area contributed by atoms with E-state index in [4.69, 9.17) is 9.47 Å². The lowest BCUT2D eigenvalue weighted by atomic mass is 9.84. The third-order valence-corrected chi connectivity index (χ3v) is 8.72. The van der Waals surface area contributed by atoms with Gasteiger partial charge < -0.3 is 19.5 Å². The molecule has 1 fully saturated rings. The number of hydrogen-bond acceptors (Lipinski definition) is 9. The topological polar surface area (TPSA) is 143 Å². The molecule has 0 saturated carbocycles. The standard InChI is InChI=1S/C27H43N3O8S/c1-8-19(3)39(35,36)28-30(22(23(31)9-2)18-24(32)37-7)21-12-10-20(11-13-21)27(34)14-16-29(17-15-27)25(33)38-26(4,5)6/h10-13,19,22,28,34H,8-9,14-18H2,1-7H3/t19-,22?/m0/s1. The van der Waals surface area contributed by atoms with Gasteiger partial charge in [0.1, 0.15) is 11.6 Å². The SMILES string of the molecule is CCC(=O)C(CC(=O)OC)N(NS(=O)(=O)[C@@H](C)CC)c1ccc(C2(O)CCN(C(=O)OC(C)(C)C)CC2)cc1. The van der Waals surface area contributed by atoms with Crippen LogP contribution in [0.3, 0.4) is 0 Å². The number of Topliss-reactive ketones (excluding diaryl/α,β-unsaturated/α-hetero) is 1. The molecule has 1 heterocycles. The molecule has 1 amide bonds. The average Bonchev–Trinajstić information content (AvgIpc) is 2.88. The zero-order valence-electron chi connectivity index (χ0n) is 24.0. The summed E-state index contributed by atoms with van der Waals surface area (Å²) in [6.07, 6.45) is 0.220. The fraction of sp³-hybridized carbons (Fsp3) is 0.667. The monoisotopic (exact) mass is 569 g/mol. The van der Waals surface area contributed by atoms with E-state index in [1.165, 1.54) is 12.1 Å². The third-order valence-electron chi connectivity index (χ3n) is 6.87. The van der Waals surface area contributed by atoms with Crippen LogP contribution in [0.2, 0.25) is 0 Å². The van der Waals surface area contributed by atoms with Gasteiger partial charge in [-0.1, -0.05) is 26.0 Å². The molecule has 11 nitrogen and oxygen atoms in total. The maximum atomic E-state index is 13.0. The Morgan fingerprint density at radius 3 is 2.15 bits per heavy atom. The highest BCUT2D eigenvalue weighted by Crippen LogP contribution is 2.34. The summed E-state index contributed by atoms with van der Waals surface area (Å²) in [6.45, 7) is 10.9. The third kappa shape index (κ3) is 8.64. The largest absolute Gasteiger partial charge is 0.469 e. The van der Waals surface area contributed by atoms with Crippen LogP contribution in [-0.4, -0.2) is 73.4 Å². The highest BCUT2D eigenvalue weighted by molar-refractivity contribution is 7.90. The maximum absolute atomic E-state index is 13.0. The van der Waals surface area contributed by atoms with E-state index in [1.807, 2.05) is 0 Å². The van der Waals surface area contributed by atoms with Crippen LogP contribution >= 0.6 is 0 Å². The molecule has 2 atom stereocenters. The van der Waals surface area contributed by atoms with Crippen LogP contribution in [0.15, 0.2) is 24.3 Å². The lowest BCUT2D eigenvalue weighted by Crippen LogP contribution is -2.54. The second kappa shape index (κ2) is 13.1. The van der Waals surface area contributed by atoms with Crippen LogP contribution in [0, 0.1) is 0 Å². The van der Waals surface area contributed by atoms with Gasteiger partial charge in [-0.2, -0.15) is 0 Å². The first-order chi connectivity index (χ1) is 18.1. The molecule has 0 radical (unpaired) electrons. The Balaban J connectivity index is 2.35. The Kier molecular flexibility index (Phi) is 10.9. The minimum atomic E-state index is -3.88. The fourth-order valence-electron chi connectivity index (χ4n) is 4.18. The number of piperidine rings is 1. The van der Waals surface area contributed by atoms with Gasteiger partial charge in [-0.3, -0.25) is 14.6 Å². The van der Waals surface area contributed by atoms with Crippen molar-refractivity contribution in [3.63, 3.8) is 0 Å². The van der Waals surface area contributed by atoms with Crippen LogP contribution in [0.5, 0.6) is 0 Å². The minimum Gasteiger partial charge on any atom is -0.469 e. The summed E-state index contributed by atoms with van der Waals surface area (Å²) in [5, 5.41) is 11.8. The highest BCUT2D eigenvalue weighted by Gasteiger charge is 2.38. The Hall–Kier alpha value is -2.70. The Morgan fingerprint density at radius 1 is 1.13 bits per heavy atom. The van der Waals surface area contributed by atoms with Crippen molar-refractivity contribution in [2.24, 2.45) is 0 Å². The van der Waals surface area contributed by atoms with Crippen LogP contribution < -0.4 is 9.84 Å². The second-order valence-corrected chi connectivity index (χ2v) is 13.0. The first-order valence-electron chi connectivity index (χ1n) is 13.3. The molecule has 1 unspecified atom stereocenters. The Morgan fingerprint density at radius 2 is 1.69 bits per heavy atom. The van der Waals surface area contributed by atoms with Crippen molar-refractivity contribution in [1.82, 2.24) is 9.73 Å². The summed E-state index contributed by atoms with van der Waals surface area (Å²) in [6, 6.07) is 5.38. The zero-order valence-corrected chi connectivity index (χ0v) is 24.8. The number of benzene rings is 1. The van der Waals surface area contributed by atoms with Crippen molar-refractivity contribution < 1.29 is 37.4 Å². The molecule has 220 valence electrons. The van der Waals surface area contributed by atoms with Crippen molar-refractivity contribution in [2.45, 2.75) is 96.1 Å². The highest BCUT2D eigenvalue weighted by atomic mass is 32.2. The average molecular weight is 570 g/mol. The number of methoxy groups -OCH3 is 1. The van der Waals surface area contributed by atoms with Crippen molar-refractivity contribution in [2.75, 3.05) is 25.2 Å². The molecule has 1 aliphatic rings. The van der Waals surface area contributed by atoms with Gasteiger partial charge in [-0.05, 0) is 64.7 Å². The first-order valence-corrected chi connectivity index (χ1v) is 14.8. The Bertz CT molecular complexity index is 1110. The van der Waals surface area contributed by atoms with Crippen molar-refractivity contribution in [3.05, 3.63) is 29.8 Å². The predicted octanol–water partition coefficient (Wildman–Crippen LogP) is 3.26. The number of hydrazine groups is 1. The van der Waals surface area contributed by atoms with Gasteiger partial charge >= 0.3 is 12.1 Å². The number of amides is 1. The van der Waals surface area contributed by atoms with Crippen molar-refractivity contribution in [3.8, 4) is 0 Å². The molecule has 0 bridgehead atoms. The Labute approximate surface area is 231 Å².